The van der Waals surface area contributed by atoms with Crippen LogP contribution in [0.5, 0.6) is 0 Å². The lowest BCUT2D eigenvalue weighted by Crippen LogP contribution is -2.05. The highest BCUT2D eigenvalue weighted by molar-refractivity contribution is 6.16. The Morgan fingerprint density at radius 3 is 2.71 bits per heavy atom. The summed E-state index contributed by atoms with van der Waals surface area (Å²) in [7, 11) is 0. The first kappa shape index (κ1) is 10.8. The van der Waals surface area contributed by atoms with E-state index < -0.39 is 12.0 Å². The Balaban J connectivity index is 3.34. The molecule has 0 saturated heterocycles. The Kier molecular flexibility index (Phi) is 3.35. The maximum Gasteiger partial charge on any atom is 0.268 e. The lowest BCUT2D eigenvalue weighted by molar-refractivity contribution is 0.110. The van der Waals surface area contributed by atoms with E-state index in [0.717, 1.165) is 0 Å². The van der Waals surface area contributed by atoms with Crippen molar-refractivity contribution in [3.8, 4) is 0 Å². The minimum Gasteiger partial charge on any atom is -0.398 e. The van der Waals surface area contributed by atoms with Crippen molar-refractivity contribution in [3.05, 3.63) is 23.0 Å². The number of rotatable bonds is 3. The quantitative estimate of drug-likeness (QED) is 0.627. The van der Waals surface area contributed by atoms with E-state index in [9.17, 15) is 13.6 Å². The Bertz CT molecular complexity index is 357. The summed E-state index contributed by atoms with van der Waals surface area (Å²) in [6.07, 6.45) is -2.57. The van der Waals surface area contributed by atoms with Crippen molar-refractivity contribution < 1.29 is 13.6 Å². The molecule has 1 heterocycles. The van der Waals surface area contributed by atoms with Crippen molar-refractivity contribution in [1.82, 2.24) is 4.98 Å². The van der Waals surface area contributed by atoms with Gasteiger partial charge in [0.1, 0.15) is 5.69 Å². The number of carbonyl (C=O) groups excluding carboxylic acids is 1. The van der Waals surface area contributed by atoms with E-state index in [4.69, 9.17) is 17.3 Å². The van der Waals surface area contributed by atoms with E-state index in [1.807, 2.05) is 0 Å². The molecule has 76 valence electrons. The van der Waals surface area contributed by atoms with Crippen molar-refractivity contribution in [2.24, 2.45) is 0 Å². The van der Waals surface area contributed by atoms with Gasteiger partial charge in [0.15, 0.2) is 6.29 Å². The number of hydrogen-bond donors (Lipinski definition) is 1. The molecule has 3 nitrogen and oxygen atoms in total. The van der Waals surface area contributed by atoms with Crippen LogP contribution in [0.2, 0.25) is 0 Å². The number of nitrogens with zero attached hydrogens (tertiary/aromatic N) is 1. The summed E-state index contributed by atoms with van der Waals surface area (Å²) in [5.41, 5.74) is 4.59. The van der Waals surface area contributed by atoms with Crippen LogP contribution in [0.1, 0.15) is 28.2 Å². The van der Waals surface area contributed by atoms with Gasteiger partial charge < -0.3 is 5.73 Å². The predicted molar refractivity (Wildman–Crippen MR) is 48.6 cm³/mol. The first-order valence-corrected chi connectivity index (χ1v) is 4.22. The molecule has 0 saturated carbocycles. The SMILES string of the molecule is Nc1cc(CCl)nc(C=O)c1C(F)F. The summed E-state index contributed by atoms with van der Waals surface area (Å²) in [5.74, 6) is 0.0224. The van der Waals surface area contributed by atoms with Gasteiger partial charge in [-0.25, -0.2) is 13.8 Å². The van der Waals surface area contributed by atoms with Crippen molar-refractivity contribution >= 4 is 23.6 Å². The fraction of sp³-hybridized carbons (Fsp3) is 0.250. The van der Waals surface area contributed by atoms with Gasteiger partial charge in [0, 0.05) is 5.69 Å². The molecule has 0 aliphatic rings. The number of carbonyl (C=O) groups is 1. The van der Waals surface area contributed by atoms with Gasteiger partial charge in [-0.2, -0.15) is 0 Å². The van der Waals surface area contributed by atoms with Crippen molar-refractivity contribution in [2.45, 2.75) is 12.3 Å². The molecule has 1 aromatic rings. The molecular weight excluding hydrogens is 214 g/mol. The molecule has 0 atom stereocenters. The topological polar surface area (TPSA) is 56.0 Å². The molecule has 0 aliphatic carbocycles. The third-order valence-electron chi connectivity index (χ3n) is 1.64. The Hall–Kier alpha value is -1.23. The zero-order valence-electron chi connectivity index (χ0n) is 7.01. The third kappa shape index (κ3) is 1.98. The molecule has 0 aromatic carbocycles. The summed E-state index contributed by atoms with van der Waals surface area (Å²) < 4.78 is 24.8. The van der Waals surface area contributed by atoms with E-state index in [1.54, 1.807) is 0 Å². The second-order valence-corrected chi connectivity index (χ2v) is 2.82. The first-order chi connectivity index (χ1) is 6.60. The molecule has 0 bridgehead atoms. The van der Waals surface area contributed by atoms with Crippen LogP contribution in [0.3, 0.4) is 0 Å². The Labute approximate surface area is 83.9 Å². The van der Waals surface area contributed by atoms with Crippen LogP contribution >= 0.6 is 11.6 Å². The molecule has 1 aromatic heterocycles. The van der Waals surface area contributed by atoms with Crippen LogP contribution in [0, 0.1) is 0 Å². The summed E-state index contributed by atoms with van der Waals surface area (Å²) in [6.45, 7) is 0. The number of pyridine rings is 1. The van der Waals surface area contributed by atoms with Crippen LogP contribution < -0.4 is 5.73 Å². The first-order valence-electron chi connectivity index (χ1n) is 3.68. The van der Waals surface area contributed by atoms with Crippen LogP contribution in [0.4, 0.5) is 14.5 Å². The van der Waals surface area contributed by atoms with E-state index >= 15 is 0 Å². The second-order valence-electron chi connectivity index (χ2n) is 2.55. The van der Waals surface area contributed by atoms with Crippen LogP contribution in [-0.2, 0) is 5.88 Å². The van der Waals surface area contributed by atoms with Crippen molar-refractivity contribution in [3.63, 3.8) is 0 Å². The van der Waals surface area contributed by atoms with Gasteiger partial charge in [0.2, 0.25) is 0 Å². The van der Waals surface area contributed by atoms with Crippen molar-refractivity contribution in [1.29, 1.82) is 0 Å². The number of halogens is 3. The second kappa shape index (κ2) is 4.32. The highest BCUT2D eigenvalue weighted by Gasteiger charge is 2.18. The van der Waals surface area contributed by atoms with Crippen molar-refractivity contribution in [2.75, 3.05) is 5.73 Å². The molecule has 0 spiro atoms. The standard InChI is InChI=1S/C8H7ClF2N2O/c9-2-4-1-5(12)7(8(10)11)6(3-14)13-4/h1,3,8H,2H2,(H2,12,13). The normalized spacial score (nSPS) is 10.6. The molecule has 2 N–H and O–H groups in total. The fourth-order valence-electron chi connectivity index (χ4n) is 1.05. The highest BCUT2D eigenvalue weighted by atomic mass is 35.5. The summed E-state index contributed by atoms with van der Waals surface area (Å²) in [4.78, 5) is 14.1. The highest BCUT2D eigenvalue weighted by Crippen LogP contribution is 2.27. The van der Waals surface area contributed by atoms with Crippen LogP contribution in [-0.4, -0.2) is 11.3 Å². The maximum absolute atomic E-state index is 12.4. The molecule has 14 heavy (non-hydrogen) atoms. The third-order valence-corrected chi connectivity index (χ3v) is 1.91. The Morgan fingerprint density at radius 1 is 1.64 bits per heavy atom. The number of nitrogens with two attached hydrogens (primary N) is 1. The number of aromatic nitrogens is 1. The largest absolute Gasteiger partial charge is 0.398 e. The van der Waals surface area contributed by atoms with Gasteiger partial charge >= 0.3 is 0 Å². The van der Waals surface area contributed by atoms with Gasteiger partial charge in [-0.1, -0.05) is 0 Å². The summed E-state index contributed by atoms with van der Waals surface area (Å²) >= 11 is 5.44. The molecule has 0 aliphatic heterocycles. The molecule has 0 radical (unpaired) electrons. The lowest BCUT2D eigenvalue weighted by Gasteiger charge is -2.08. The van der Waals surface area contributed by atoms with Crippen LogP contribution in [0.25, 0.3) is 0 Å². The summed E-state index contributed by atoms with van der Waals surface area (Å²) in [6, 6.07) is 1.24. The summed E-state index contributed by atoms with van der Waals surface area (Å²) in [5, 5.41) is 0. The van der Waals surface area contributed by atoms with E-state index in [0.29, 0.717) is 5.69 Å². The molecule has 0 unspecified atom stereocenters. The molecule has 0 fully saturated rings. The predicted octanol–water partition coefficient (Wildman–Crippen LogP) is 2.15. The lowest BCUT2D eigenvalue weighted by atomic mass is 10.1. The fourth-order valence-corrected chi connectivity index (χ4v) is 1.19. The smallest absolute Gasteiger partial charge is 0.268 e. The number of alkyl halides is 3. The van der Waals surface area contributed by atoms with Gasteiger partial charge in [0.25, 0.3) is 6.43 Å². The number of anilines is 1. The maximum atomic E-state index is 12.4. The van der Waals surface area contributed by atoms with Gasteiger partial charge in [-0.05, 0) is 6.07 Å². The van der Waals surface area contributed by atoms with Gasteiger partial charge in [-0.3, -0.25) is 4.79 Å². The van der Waals surface area contributed by atoms with Crippen LogP contribution in [0.15, 0.2) is 6.07 Å². The average molecular weight is 221 g/mol. The number of aldehydes is 1. The van der Waals surface area contributed by atoms with E-state index in [1.165, 1.54) is 6.07 Å². The molecular formula is C8H7ClF2N2O. The molecule has 0 amide bonds. The van der Waals surface area contributed by atoms with E-state index in [-0.39, 0.29) is 23.5 Å². The monoisotopic (exact) mass is 220 g/mol. The average Bonchev–Trinajstić information content (AvgIpc) is 2.15. The number of nitrogen functional groups attached to an aromatic ring is 1. The molecule has 6 heteroatoms. The zero-order chi connectivity index (χ0) is 10.7. The van der Waals surface area contributed by atoms with Gasteiger partial charge in [0.05, 0.1) is 17.1 Å². The van der Waals surface area contributed by atoms with Gasteiger partial charge in [-0.15, -0.1) is 11.6 Å². The zero-order valence-corrected chi connectivity index (χ0v) is 7.76. The minimum absolute atomic E-state index is 0.0224. The molecule has 1 rings (SSSR count). The van der Waals surface area contributed by atoms with E-state index in [2.05, 4.69) is 4.98 Å². The number of hydrogen-bond acceptors (Lipinski definition) is 3. The Morgan fingerprint density at radius 2 is 2.29 bits per heavy atom. The minimum atomic E-state index is -2.81.